The van der Waals surface area contributed by atoms with Gasteiger partial charge in [0.1, 0.15) is 5.69 Å². The zero-order chi connectivity index (χ0) is 21.0. The smallest absolute Gasteiger partial charge is 0.331 e. The minimum Gasteiger partial charge on any atom is -0.479 e. The van der Waals surface area contributed by atoms with Crippen LogP contribution in [-0.2, 0) is 4.79 Å². The van der Waals surface area contributed by atoms with E-state index in [2.05, 4.69) is 10.3 Å². The number of hydrogen-bond donors (Lipinski definition) is 2. The summed E-state index contributed by atoms with van der Waals surface area (Å²) in [6, 6.07) is 11.5. The Morgan fingerprint density at radius 3 is 2.52 bits per heavy atom. The molecular formula is C19H14N4O6. The third-order valence-electron chi connectivity index (χ3n) is 4.05. The van der Waals surface area contributed by atoms with Crippen LogP contribution in [0.3, 0.4) is 0 Å². The van der Waals surface area contributed by atoms with Crippen LogP contribution in [0.25, 0.3) is 0 Å². The van der Waals surface area contributed by atoms with E-state index in [4.69, 9.17) is 0 Å². The molecule has 2 aromatic carbocycles. The van der Waals surface area contributed by atoms with Gasteiger partial charge in [0.2, 0.25) is 0 Å². The first-order valence-corrected chi connectivity index (χ1v) is 8.28. The number of aliphatic carboxylic acids is 1. The maximum Gasteiger partial charge on any atom is 0.331 e. The van der Waals surface area contributed by atoms with Gasteiger partial charge in [-0.05, 0) is 17.7 Å². The van der Waals surface area contributed by atoms with Crippen molar-refractivity contribution in [3.63, 3.8) is 0 Å². The van der Waals surface area contributed by atoms with Crippen LogP contribution in [0.4, 0.5) is 11.4 Å². The highest BCUT2D eigenvalue weighted by Gasteiger charge is 2.26. The molecule has 2 N–H and O–H groups in total. The number of anilines is 1. The van der Waals surface area contributed by atoms with Gasteiger partial charge in [-0.25, -0.2) is 9.78 Å². The molecule has 0 spiro atoms. The van der Waals surface area contributed by atoms with Crippen LogP contribution in [0.2, 0.25) is 0 Å². The zero-order valence-electron chi connectivity index (χ0n) is 14.8. The Bertz CT molecular complexity index is 1140. The molecule has 0 fully saturated rings. The normalized spacial score (nSPS) is 11.4. The summed E-state index contributed by atoms with van der Waals surface area (Å²) >= 11 is 0. The van der Waals surface area contributed by atoms with Gasteiger partial charge in [-0.2, -0.15) is 0 Å². The van der Waals surface area contributed by atoms with Gasteiger partial charge in [0.15, 0.2) is 6.04 Å². The van der Waals surface area contributed by atoms with Crippen LogP contribution in [0.5, 0.6) is 0 Å². The zero-order valence-corrected chi connectivity index (χ0v) is 14.8. The molecule has 0 radical (unpaired) electrons. The van der Waals surface area contributed by atoms with E-state index in [1.807, 2.05) is 0 Å². The van der Waals surface area contributed by atoms with Gasteiger partial charge >= 0.3 is 5.97 Å². The molecule has 0 aliphatic heterocycles. The number of hydrogen-bond acceptors (Lipinski definition) is 6. The minimum absolute atomic E-state index is 0.0159. The lowest BCUT2D eigenvalue weighted by Crippen LogP contribution is -2.33. The van der Waals surface area contributed by atoms with Gasteiger partial charge in [0.25, 0.3) is 17.2 Å². The minimum atomic E-state index is -1.57. The molecule has 0 bridgehead atoms. The van der Waals surface area contributed by atoms with Gasteiger partial charge in [-0.15, -0.1) is 0 Å². The molecule has 146 valence electrons. The number of nitrogens with zero attached hydrogens (tertiary/aromatic N) is 3. The lowest BCUT2D eigenvalue weighted by atomic mass is 10.1. The second kappa shape index (κ2) is 8.13. The molecule has 1 amide bonds. The molecule has 3 aromatic rings. The fraction of sp³-hybridized carbons (Fsp3) is 0.0526. The Hall–Kier alpha value is -4.34. The Morgan fingerprint density at radius 2 is 1.86 bits per heavy atom. The number of carbonyl (C=O) groups is 2. The Morgan fingerprint density at radius 1 is 1.14 bits per heavy atom. The van der Waals surface area contributed by atoms with E-state index in [9.17, 15) is 29.6 Å². The molecule has 0 saturated heterocycles. The second-order valence-electron chi connectivity index (χ2n) is 5.93. The average Bonchev–Trinajstić information content (AvgIpc) is 2.71. The summed E-state index contributed by atoms with van der Waals surface area (Å²) < 4.78 is 0.794. The summed E-state index contributed by atoms with van der Waals surface area (Å²) in [4.78, 5) is 51.1. The molecule has 0 aliphatic rings. The Balaban J connectivity index is 2.01. The standard InChI is InChI=1S/C19H14N4O6/c24-17(12-5-2-1-3-6-12)21-15-10-20-11-22(18(15)25)16(19(26)27)13-7-4-8-14(9-13)23(28)29/h1-11,16H,(H,21,24)(H,26,27). The van der Waals surface area contributed by atoms with Crippen molar-refractivity contribution >= 4 is 23.3 Å². The number of non-ortho nitro benzene ring substituents is 1. The van der Waals surface area contributed by atoms with E-state index in [-0.39, 0.29) is 16.9 Å². The van der Waals surface area contributed by atoms with E-state index in [0.717, 1.165) is 23.2 Å². The van der Waals surface area contributed by atoms with Crippen LogP contribution in [-0.4, -0.2) is 31.5 Å². The second-order valence-corrected chi connectivity index (χ2v) is 5.93. The van der Waals surface area contributed by atoms with E-state index in [1.54, 1.807) is 30.3 Å². The summed E-state index contributed by atoms with van der Waals surface area (Å²) in [5.41, 5.74) is -1.04. The number of carboxylic acid groups (broad SMARTS) is 1. The molecule has 0 saturated carbocycles. The quantitative estimate of drug-likeness (QED) is 0.481. The van der Waals surface area contributed by atoms with Gasteiger partial charge in [0.05, 0.1) is 17.4 Å². The van der Waals surface area contributed by atoms with Crippen LogP contribution >= 0.6 is 0 Å². The molecule has 10 heteroatoms. The van der Waals surface area contributed by atoms with Crippen molar-refractivity contribution in [2.45, 2.75) is 6.04 Å². The summed E-state index contributed by atoms with van der Waals surface area (Å²) in [5.74, 6) is -1.98. The van der Waals surface area contributed by atoms with E-state index in [1.165, 1.54) is 18.2 Å². The summed E-state index contributed by atoms with van der Waals surface area (Å²) in [6.45, 7) is 0. The fourth-order valence-corrected chi connectivity index (χ4v) is 2.71. The van der Waals surface area contributed by atoms with Crippen LogP contribution in [0.15, 0.2) is 71.9 Å². The first-order valence-electron chi connectivity index (χ1n) is 8.28. The first kappa shape index (κ1) is 19.4. The third kappa shape index (κ3) is 4.16. The van der Waals surface area contributed by atoms with Crippen molar-refractivity contribution < 1.29 is 19.6 Å². The molecule has 10 nitrogen and oxygen atoms in total. The van der Waals surface area contributed by atoms with Crippen LogP contribution < -0.4 is 10.9 Å². The number of carbonyl (C=O) groups excluding carboxylic acids is 1. The van der Waals surface area contributed by atoms with Crippen molar-refractivity contribution in [2.24, 2.45) is 0 Å². The van der Waals surface area contributed by atoms with Gasteiger partial charge in [0, 0.05) is 17.7 Å². The van der Waals surface area contributed by atoms with Crippen LogP contribution in [0.1, 0.15) is 22.0 Å². The van der Waals surface area contributed by atoms with E-state index < -0.39 is 28.4 Å². The average molecular weight is 394 g/mol. The Labute approximate surface area is 163 Å². The number of carboxylic acids is 1. The highest BCUT2D eigenvalue weighted by Crippen LogP contribution is 2.22. The summed E-state index contributed by atoms with van der Waals surface area (Å²) in [7, 11) is 0. The Kier molecular flexibility index (Phi) is 5.44. The van der Waals surface area contributed by atoms with E-state index >= 15 is 0 Å². The highest BCUT2D eigenvalue weighted by molar-refractivity contribution is 6.04. The summed E-state index contributed by atoms with van der Waals surface area (Å²) in [5, 5.41) is 23.0. The van der Waals surface area contributed by atoms with Gasteiger partial charge in [-0.3, -0.25) is 24.3 Å². The molecule has 0 aliphatic carbocycles. The maximum atomic E-state index is 12.8. The number of nitrogens with one attached hydrogen (secondary N) is 1. The lowest BCUT2D eigenvalue weighted by molar-refractivity contribution is -0.384. The number of nitro groups is 1. The lowest BCUT2D eigenvalue weighted by Gasteiger charge is -2.16. The number of amides is 1. The number of aromatic nitrogens is 2. The van der Waals surface area contributed by atoms with Crippen molar-refractivity contribution in [2.75, 3.05) is 5.32 Å². The molecule has 1 atom stereocenters. The molecule has 3 rings (SSSR count). The molecular weight excluding hydrogens is 380 g/mol. The topological polar surface area (TPSA) is 144 Å². The van der Waals surface area contributed by atoms with Crippen molar-refractivity contribution in [1.29, 1.82) is 0 Å². The number of benzene rings is 2. The predicted octanol–water partition coefficient (Wildman–Crippen LogP) is 2.08. The first-order chi connectivity index (χ1) is 13.9. The van der Waals surface area contributed by atoms with Crippen molar-refractivity contribution in [3.05, 3.63) is 98.7 Å². The molecule has 1 heterocycles. The van der Waals surface area contributed by atoms with Gasteiger partial charge in [-0.1, -0.05) is 30.3 Å². The molecule has 29 heavy (non-hydrogen) atoms. The maximum absolute atomic E-state index is 12.8. The van der Waals surface area contributed by atoms with Gasteiger partial charge < -0.3 is 10.4 Å². The SMILES string of the molecule is O=C(Nc1cncn(C(C(=O)O)c2cccc([N+](=O)[O-])c2)c1=O)c1ccccc1. The molecule has 1 aromatic heterocycles. The summed E-state index contributed by atoms with van der Waals surface area (Å²) in [6.07, 6.45) is 2.10. The predicted molar refractivity (Wildman–Crippen MR) is 102 cm³/mol. The van der Waals surface area contributed by atoms with Crippen molar-refractivity contribution in [1.82, 2.24) is 9.55 Å². The fourth-order valence-electron chi connectivity index (χ4n) is 2.71. The highest BCUT2D eigenvalue weighted by atomic mass is 16.6. The largest absolute Gasteiger partial charge is 0.479 e. The monoisotopic (exact) mass is 394 g/mol. The van der Waals surface area contributed by atoms with E-state index in [0.29, 0.717) is 5.56 Å². The number of rotatable bonds is 6. The third-order valence-corrected chi connectivity index (χ3v) is 4.05. The van der Waals surface area contributed by atoms with Crippen molar-refractivity contribution in [3.8, 4) is 0 Å². The molecule has 1 unspecified atom stereocenters. The van der Waals surface area contributed by atoms with Crippen LogP contribution in [0, 0.1) is 10.1 Å². The number of nitro benzene ring substituents is 1.